The Hall–Kier alpha value is -2.70. The Morgan fingerprint density at radius 2 is 2.12 bits per heavy atom. The molecule has 0 saturated heterocycles. The van der Waals surface area contributed by atoms with Gasteiger partial charge in [-0.05, 0) is 31.0 Å². The van der Waals surface area contributed by atoms with E-state index in [0.29, 0.717) is 24.4 Å². The highest BCUT2D eigenvalue weighted by atomic mass is 16.2. The Morgan fingerprint density at radius 1 is 1.33 bits per heavy atom. The molecule has 0 saturated carbocycles. The van der Waals surface area contributed by atoms with Crippen LogP contribution in [0.2, 0.25) is 0 Å². The number of nitrogens with one attached hydrogen (secondary N) is 2. The van der Waals surface area contributed by atoms with Gasteiger partial charge in [-0.1, -0.05) is 13.8 Å². The van der Waals surface area contributed by atoms with E-state index in [2.05, 4.69) is 20.7 Å². The Labute approximate surface area is 141 Å². The number of pyridine rings is 1. The zero-order valence-corrected chi connectivity index (χ0v) is 14.2. The van der Waals surface area contributed by atoms with E-state index < -0.39 is 6.04 Å². The van der Waals surface area contributed by atoms with Gasteiger partial charge in [0.25, 0.3) is 5.91 Å². The average Bonchev–Trinajstić information content (AvgIpc) is 3.00. The Bertz CT molecular complexity index is 696. The third kappa shape index (κ3) is 4.18. The van der Waals surface area contributed by atoms with Crippen LogP contribution in [0.15, 0.2) is 30.6 Å². The summed E-state index contributed by atoms with van der Waals surface area (Å²) in [5.74, 6) is -0.485. The van der Waals surface area contributed by atoms with Crippen LogP contribution >= 0.6 is 0 Å². The number of carbonyl (C=O) groups is 2. The van der Waals surface area contributed by atoms with Crippen LogP contribution in [-0.4, -0.2) is 39.2 Å². The molecule has 24 heavy (non-hydrogen) atoms. The maximum absolute atomic E-state index is 12.5. The number of amides is 2. The third-order valence-electron chi connectivity index (χ3n) is 3.65. The summed E-state index contributed by atoms with van der Waals surface area (Å²) in [6.45, 7) is 4.44. The van der Waals surface area contributed by atoms with Crippen molar-refractivity contribution in [2.24, 2.45) is 7.05 Å². The van der Waals surface area contributed by atoms with Crippen LogP contribution in [0, 0.1) is 0 Å². The second-order valence-corrected chi connectivity index (χ2v) is 5.51. The van der Waals surface area contributed by atoms with Crippen molar-refractivity contribution >= 4 is 11.8 Å². The number of nitrogens with zero attached hydrogens (tertiary/aromatic N) is 3. The molecule has 2 aromatic rings. The lowest BCUT2D eigenvalue weighted by Gasteiger charge is -2.16. The van der Waals surface area contributed by atoms with Crippen molar-refractivity contribution in [2.45, 2.75) is 32.7 Å². The molecule has 0 bridgehead atoms. The zero-order chi connectivity index (χ0) is 17.5. The first-order valence-corrected chi connectivity index (χ1v) is 8.09. The van der Waals surface area contributed by atoms with Gasteiger partial charge in [-0.2, -0.15) is 5.10 Å². The van der Waals surface area contributed by atoms with Crippen LogP contribution in [0.4, 0.5) is 0 Å². The molecular weight excluding hydrogens is 306 g/mol. The van der Waals surface area contributed by atoms with E-state index in [0.717, 1.165) is 12.0 Å². The molecule has 2 heterocycles. The van der Waals surface area contributed by atoms with E-state index in [1.54, 1.807) is 25.5 Å². The summed E-state index contributed by atoms with van der Waals surface area (Å²) < 4.78 is 1.51. The molecule has 128 valence electrons. The van der Waals surface area contributed by atoms with Crippen LogP contribution in [0.1, 0.15) is 37.2 Å². The summed E-state index contributed by atoms with van der Waals surface area (Å²) in [6, 6.07) is 4.84. The highest BCUT2D eigenvalue weighted by molar-refractivity contribution is 5.97. The molecule has 2 N–H and O–H groups in total. The van der Waals surface area contributed by atoms with Crippen LogP contribution in [0.3, 0.4) is 0 Å². The van der Waals surface area contributed by atoms with Gasteiger partial charge in [0.15, 0.2) is 0 Å². The van der Waals surface area contributed by atoms with E-state index in [-0.39, 0.29) is 11.8 Å². The molecule has 7 heteroatoms. The first kappa shape index (κ1) is 17.7. The van der Waals surface area contributed by atoms with Crippen LogP contribution in [0.25, 0.3) is 11.3 Å². The number of hydrogen-bond donors (Lipinski definition) is 2. The molecule has 0 radical (unpaired) electrons. The maximum atomic E-state index is 12.5. The molecular formula is C17H23N5O2. The number of hydrogen-bond acceptors (Lipinski definition) is 4. The molecule has 0 aliphatic heterocycles. The van der Waals surface area contributed by atoms with E-state index in [1.165, 1.54) is 4.68 Å². The van der Waals surface area contributed by atoms with Crippen molar-refractivity contribution in [3.63, 3.8) is 0 Å². The molecule has 0 aliphatic rings. The van der Waals surface area contributed by atoms with Crippen molar-refractivity contribution in [1.82, 2.24) is 25.4 Å². The zero-order valence-electron chi connectivity index (χ0n) is 14.2. The highest BCUT2D eigenvalue weighted by Crippen LogP contribution is 2.17. The van der Waals surface area contributed by atoms with E-state index in [1.807, 2.05) is 26.0 Å². The van der Waals surface area contributed by atoms with Crippen molar-refractivity contribution in [3.05, 3.63) is 36.3 Å². The average molecular weight is 329 g/mol. The number of aryl methyl sites for hydroxylation is 1. The second-order valence-electron chi connectivity index (χ2n) is 5.51. The lowest BCUT2D eigenvalue weighted by Crippen LogP contribution is -2.46. The topological polar surface area (TPSA) is 88.9 Å². The SMILES string of the molecule is CCCNC(=O)[C@H](CC)NC(=O)c1cc(-c2cccnc2)nn1C. The fourth-order valence-corrected chi connectivity index (χ4v) is 2.29. The van der Waals surface area contributed by atoms with Gasteiger partial charge in [0, 0.05) is 31.5 Å². The first-order valence-electron chi connectivity index (χ1n) is 8.09. The lowest BCUT2D eigenvalue weighted by molar-refractivity contribution is -0.123. The molecule has 0 aliphatic carbocycles. The summed E-state index contributed by atoms with van der Waals surface area (Å²) in [7, 11) is 1.70. The number of aromatic nitrogens is 3. The molecule has 0 fully saturated rings. The Morgan fingerprint density at radius 3 is 2.75 bits per heavy atom. The normalized spacial score (nSPS) is 11.8. The molecule has 0 unspecified atom stereocenters. The Kier molecular flexibility index (Phi) is 6.06. The van der Waals surface area contributed by atoms with Crippen molar-refractivity contribution in [2.75, 3.05) is 6.54 Å². The summed E-state index contributed by atoms with van der Waals surface area (Å²) in [5, 5.41) is 9.92. The minimum Gasteiger partial charge on any atom is -0.354 e. The number of rotatable bonds is 7. The van der Waals surface area contributed by atoms with Gasteiger partial charge in [-0.15, -0.1) is 0 Å². The second kappa shape index (κ2) is 8.24. The van der Waals surface area contributed by atoms with Gasteiger partial charge in [-0.3, -0.25) is 19.3 Å². The molecule has 7 nitrogen and oxygen atoms in total. The summed E-state index contributed by atoms with van der Waals surface area (Å²) in [6.07, 6.45) is 4.75. The van der Waals surface area contributed by atoms with Crippen LogP contribution in [-0.2, 0) is 11.8 Å². The van der Waals surface area contributed by atoms with Crippen LogP contribution in [0.5, 0.6) is 0 Å². The Balaban J connectivity index is 2.12. The minimum absolute atomic E-state index is 0.164. The van der Waals surface area contributed by atoms with Crippen molar-refractivity contribution in [1.29, 1.82) is 0 Å². The molecule has 1 atom stereocenters. The van der Waals surface area contributed by atoms with Crippen molar-refractivity contribution in [3.8, 4) is 11.3 Å². The molecule has 0 spiro atoms. The molecule has 2 amide bonds. The predicted octanol–water partition coefficient (Wildman–Crippen LogP) is 1.52. The monoisotopic (exact) mass is 329 g/mol. The highest BCUT2D eigenvalue weighted by Gasteiger charge is 2.21. The van der Waals surface area contributed by atoms with Crippen molar-refractivity contribution < 1.29 is 9.59 Å². The van der Waals surface area contributed by atoms with E-state index in [4.69, 9.17) is 0 Å². The van der Waals surface area contributed by atoms with E-state index in [9.17, 15) is 9.59 Å². The van der Waals surface area contributed by atoms with Crippen LogP contribution < -0.4 is 10.6 Å². The van der Waals surface area contributed by atoms with Gasteiger partial charge < -0.3 is 10.6 Å². The van der Waals surface area contributed by atoms with Gasteiger partial charge in [-0.25, -0.2) is 0 Å². The molecule has 2 rings (SSSR count). The first-order chi connectivity index (χ1) is 11.6. The summed E-state index contributed by atoms with van der Waals surface area (Å²) in [4.78, 5) is 28.6. The van der Waals surface area contributed by atoms with Gasteiger partial charge in [0.2, 0.25) is 5.91 Å². The fourth-order valence-electron chi connectivity index (χ4n) is 2.29. The maximum Gasteiger partial charge on any atom is 0.270 e. The lowest BCUT2D eigenvalue weighted by atomic mass is 10.2. The summed E-state index contributed by atoms with van der Waals surface area (Å²) in [5.41, 5.74) is 1.90. The molecule has 0 aromatic carbocycles. The largest absolute Gasteiger partial charge is 0.354 e. The fraction of sp³-hybridized carbons (Fsp3) is 0.412. The predicted molar refractivity (Wildman–Crippen MR) is 91.3 cm³/mol. The minimum atomic E-state index is -0.555. The third-order valence-corrected chi connectivity index (χ3v) is 3.65. The van der Waals surface area contributed by atoms with E-state index >= 15 is 0 Å². The molecule has 2 aromatic heterocycles. The van der Waals surface area contributed by atoms with Gasteiger partial charge >= 0.3 is 0 Å². The standard InChI is InChI=1S/C17H23N5O2/c1-4-8-19-16(23)13(5-2)20-17(24)15-10-14(21-22(15)3)12-7-6-9-18-11-12/h6-7,9-11,13H,4-5,8H2,1-3H3,(H,19,23)(H,20,24)/t13-/m0/s1. The smallest absolute Gasteiger partial charge is 0.270 e. The van der Waals surface area contributed by atoms with Gasteiger partial charge in [0.05, 0.1) is 5.69 Å². The quantitative estimate of drug-likeness (QED) is 0.806. The summed E-state index contributed by atoms with van der Waals surface area (Å²) >= 11 is 0. The van der Waals surface area contributed by atoms with Gasteiger partial charge in [0.1, 0.15) is 11.7 Å². The number of carbonyl (C=O) groups excluding carboxylic acids is 2.